The molecule has 1 aliphatic heterocycles. The first-order chi connectivity index (χ1) is 13.0. The van der Waals surface area contributed by atoms with Gasteiger partial charge in [-0.3, -0.25) is 9.59 Å². The van der Waals surface area contributed by atoms with Gasteiger partial charge in [-0.1, -0.05) is 18.2 Å². The first kappa shape index (κ1) is 18.3. The molecule has 140 valence electrons. The lowest BCUT2D eigenvalue weighted by atomic mass is 10.0. The Balaban J connectivity index is 2.06. The van der Waals surface area contributed by atoms with Crippen molar-refractivity contribution in [3.05, 3.63) is 53.8 Å². The number of amides is 2. The zero-order chi connectivity index (χ0) is 19.6. The summed E-state index contributed by atoms with van der Waals surface area (Å²) < 4.78 is 15.9. The number of para-hydroxylation sites is 2. The molecule has 7 nitrogen and oxygen atoms in total. The van der Waals surface area contributed by atoms with E-state index in [2.05, 4.69) is 0 Å². The molecule has 1 N–H and O–H groups in total. The highest BCUT2D eigenvalue weighted by atomic mass is 16.5. The Bertz CT molecular complexity index is 934. The Hall–Kier alpha value is -3.48. The van der Waals surface area contributed by atoms with Crippen LogP contribution < -0.4 is 19.1 Å². The van der Waals surface area contributed by atoms with Gasteiger partial charge in [0.05, 0.1) is 32.1 Å². The van der Waals surface area contributed by atoms with Crippen molar-refractivity contribution >= 4 is 23.1 Å². The molecular formula is C20H19NO6. The van der Waals surface area contributed by atoms with Crippen molar-refractivity contribution < 1.29 is 28.9 Å². The molecule has 0 radical (unpaired) electrons. The zero-order valence-electron chi connectivity index (χ0n) is 15.2. The van der Waals surface area contributed by atoms with Gasteiger partial charge in [0.2, 0.25) is 0 Å². The smallest absolute Gasteiger partial charge is 0.301 e. The summed E-state index contributed by atoms with van der Waals surface area (Å²) in [5, 5.41) is 10.4. The summed E-state index contributed by atoms with van der Waals surface area (Å²) in [5.74, 6) is -0.851. The molecule has 0 fully saturated rings. The molecule has 0 aliphatic carbocycles. The molecule has 7 heteroatoms. The number of aliphatic hydroxyl groups excluding tert-OH is 1. The van der Waals surface area contributed by atoms with Gasteiger partial charge in [0.25, 0.3) is 5.91 Å². The van der Waals surface area contributed by atoms with Crippen molar-refractivity contribution in [1.29, 1.82) is 0 Å². The molecule has 27 heavy (non-hydrogen) atoms. The molecule has 0 unspecified atom stereocenters. The molecule has 2 amide bonds. The number of nitrogens with zero attached hydrogens (tertiary/aromatic N) is 1. The number of aliphatic hydroxyl groups is 1. The monoisotopic (exact) mass is 369 g/mol. The Morgan fingerprint density at radius 2 is 1.63 bits per heavy atom. The number of hydrogen-bond donors (Lipinski definition) is 1. The van der Waals surface area contributed by atoms with Gasteiger partial charge in [-0.2, -0.15) is 0 Å². The number of imide groups is 1. The van der Waals surface area contributed by atoms with Crippen LogP contribution >= 0.6 is 0 Å². The molecule has 0 saturated heterocycles. The molecule has 2 aromatic carbocycles. The Labute approximate surface area is 156 Å². The lowest BCUT2D eigenvalue weighted by Gasteiger charge is -2.18. The van der Waals surface area contributed by atoms with Crippen LogP contribution in [0.1, 0.15) is 12.5 Å². The quantitative estimate of drug-likeness (QED) is 0.788. The van der Waals surface area contributed by atoms with Gasteiger partial charge in [0.15, 0.2) is 17.3 Å². The van der Waals surface area contributed by atoms with Gasteiger partial charge in [0, 0.05) is 0 Å². The van der Waals surface area contributed by atoms with Crippen LogP contribution in [-0.2, 0) is 9.59 Å². The standard InChI is InChI=1S/C20H19NO6/c1-4-27-14-8-6-5-7-13(14)21-19(23)17(18(22)20(21)24)12-9-10-15(25-2)16(11-12)26-3/h5-11,22H,4H2,1-3H3. The van der Waals surface area contributed by atoms with Crippen molar-refractivity contribution in [3.63, 3.8) is 0 Å². The van der Waals surface area contributed by atoms with Gasteiger partial charge in [-0.15, -0.1) is 0 Å². The van der Waals surface area contributed by atoms with Crippen LogP contribution in [0.15, 0.2) is 48.2 Å². The maximum absolute atomic E-state index is 13.0. The van der Waals surface area contributed by atoms with E-state index in [9.17, 15) is 14.7 Å². The molecule has 3 rings (SSSR count). The molecule has 0 bridgehead atoms. The predicted molar refractivity (Wildman–Crippen MR) is 99.2 cm³/mol. The van der Waals surface area contributed by atoms with Gasteiger partial charge in [-0.25, -0.2) is 4.90 Å². The van der Waals surface area contributed by atoms with E-state index in [-0.39, 0.29) is 11.3 Å². The van der Waals surface area contributed by atoms with Crippen LogP contribution in [0.25, 0.3) is 5.57 Å². The minimum Gasteiger partial charge on any atom is -0.502 e. The summed E-state index contributed by atoms with van der Waals surface area (Å²) in [6.45, 7) is 2.17. The molecule has 1 aliphatic rings. The van der Waals surface area contributed by atoms with Crippen molar-refractivity contribution in [2.24, 2.45) is 0 Å². The maximum atomic E-state index is 13.0. The summed E-state index contributed by atoms with van der Waals surface area (Å²) in [5.41, 5.74) is 0.517. The number of carbonyl (C=O) groups excluding carboxylic acids is 2. The third kappa shape index (κ3) is 3.08. The lowest BCUT2D eigenvalue weighted by Crippen LogP contribution is -2.32. The number of ether oxygens (including phenoxy) is 3. The fourth-order valence-corrected chi connectivity index (χ4v) is 2.91. The van der Waals surface area contributed by atoms with E-state index in [0.717, 1.165) is 4.90 Å². The topological polar surface area (TPSA) is 85.3 Å². The first-order valence-electron chi connectivity index (χ1n) is 8.29. The van der Waals surface area contributed by atoms with E-state index in [1.807, 2.05) is 0 Å². The zero-order valence-corrected chi connectivity index (χ0v) is 15.2. The maximum Gasteiger partial charge on any atom is 0.301 e. The molecule has 2 aromatic rings. The fraction of sp³-hybridized carbons (Fsp3) is 0.200. The number of benzene rings is 2. The van der Waals surface area contributed by atoms with E-state index < -0.39 is 17.6 Å². The molecule has 0 saturated carbocycles. The van der Waals surface area contributed by atoms with E-state index >= 15 is 0 Å². The third-order valence-electron chi connectivity index (χ3n) is 4.14. The normalized spacial score (nSPS) is 14.0. The van der Waals surface area contributed by atoms with Crippen molar-refractivity contribution in [2.45, 2.75) is 6.92 Å². The molecule has 1 heterocycles. The van der Waals surface area contributed by atoms with Crippen LogP contribution in [0.5, 0.6) is 17.2 Å². The van der Waals surface area contributed by atoms with Crippen molar-refractivity contribution in [2.75, 3.05) is 25.7 Å². The van der Waals surface area contributed by atoms with Crippen LogP contribution in [0.3, 0.4) is 0 Å². The highest BCUT2D eigenvalue weighted by Crippen LogP contribution is 2.38. The second-order valence-electron chi connectivity index (χ2n) is 5.64. The van der Waals surface area contributed by atoms with Gasteiger partial charge in [0.1, 0.15) is 5.75 Å². The molecule has 0 spiro atoms. The second-order valence-corrected chi connectivity index (χ2v) is 5.64. The van der Waals surface area contributed by atoms with E-state index in [1.54, 1.807) is 43.3 Å². The van der Waals surface area contributed by atoms with E-state index in [0.29, 0.717) is 29.4 Å². The minimum atomic E-state index is -0.808. The summed E-state index contributed by atoms with van der Waals surface area (Å²) in [6, 6.07) is 11.4. The second kappa shape index (κ2) is 7.41. The molecule has 0 aromatic heterocycles. The lowest BCUT2D eigenvalue weighted by molar-refractivity contribution is -0.121. The van der Waals surface area contributed by atoms with Gasteiger partial charge >= 0.3 is 5.91 Å². The fourth-order valence-electron chi connectivity index (χ4n) is 2.91. The van der Waals surface area contributed by atoms with Gasteiger partial charge < -0.3 is 19.3 Å². The van der Waals surface area contributed by atoms with E-state index in [1.165, 1.54) is 20.3 Å². The van der Waals surface area contributed by atoms with Gasteiger partial charge in [-0.05, 0) is 36.8 Å². The van der Waals surface area contributed by atoms with Crippen LogP contribution in [0.2, 0.25) is 0 Å². The summed E-state index contributed by atoms with van der Waals surface area (Å²) in [6.07, 6.45) is 0. The third-order valence-corrected chi connectivity index (χ3v) is 4.14. The average molecular weight is 369 g/mol. The van der Waals surface area contributed by atoms with Crippen LogP contribution in [0, 0.1) is 0 Å². The van der Waals surface area contributed by atoms with Crippen molar-refractivity contribution in [3.8, 4) is 17.2 Å². The molecular weight excluding hydrogens is 350 g/mol. The SMILES string of the molecule is CCOc1ccccc1N1C(=O)C(O)=C(c2ccc(OC)c(OC)c2)C1=O. The molecule has 0 atom stereocenters. The Morgan fingerprint density at radius 1 is 0.926 bits per heavy atom. The summed E-state index contributed by atoms with van der Waals surface area (Å²) in [7, 11) is 2.95. The summed E-state index contributed by atoms with van der Waals surface area (Å²) in [4.78, 5) is 26.5. The largest absolute Gasteiger partial charge is 0.502 e. The Kier molecular flexibility index (Phi) is 5.03. The van der Waals surface area contributed by atoms with Crippen LogP contribution in [0.4, 0.5) is 5.69 Å². The minimum absolute atomic E-state index is 0.104. The number of anilines is 1. The number of rotatable bonds is 6. The highest BCUT2D eigenvalue weighted by molar-refractivity contribution is 6.45. The average Bonchev–Trinajstić information content (AvgIpc) is 2.91. The first-order valence-corrected chi connectivity index (χ1v) is 8.29. The Morgan fingerprint density at radius 3 is 2.30 bits per heavy atom. The summed E-state index contributed by atoms with van der Waals surface area (Å²) >= 11 is 0. The van der Waals surface area contributed by atoms with Crippen LogP contribution in [-0.4, -0.2) is 37.7 Å². The highest BCUT2D eigenvalue weighted by Gasteiger charge is 2.41. The van der Waals surface area contributed by atoms with E-state index in [4.69, 9.17) is 14.2 Å². The number of carbonyl (C=O) groups is 2. The van der Waals surface area contributed by atoms with Crippen molar-refractivity contribution in [1.82, 2.24) is 0 Å². The predicted octanol–water partition coefficient (Wildman–Crippen LogP) is 2.95. The number of hydrogen-bond acceptors (Lipinski definition) is 6. The number of methoxy groups -OCH3 is 2.